The smallest absolute Gasteiger partial charge is 0.181 e. The minimum atomic E-state index is -0.402. The molecule has 0 radical (unpaired) electrons. The minimum Gasteiger partial charge on any atom is -0.346 e. The van der Waals surface area contributed by atoms with Crippen molar-refractivity contribution in [2.45, 2.75) is 24.7 Å². The number of hydrogen-bond donors (Lipinski definition) is 1. The van der Waals surface area contributed by atoms with Crippen molar-refractivity contribution in [1.29, 1.82) is 0 Å². The lowest BCUT2D eigenvalue weighted by Crippen LogP contribution is -2.51. The van der Waals surface area contributed by atoms with Gasteiger partial charge < -0.3 is 15.2 Å². The highest BCUT2D eigenvalue weighted by Gasteiger charge is 2.42. The molecule has 1 atom stereocenters. The summed E-state index contributed by atoms with van der Waals surface area (Å²) in [5, 5.41) is 0. The van der Waals surface area contributed by atoms with Gasteiger partial charge >= 0.3 is 0 Å². The Morgan fingerprint density at radius 1 is 1.37 bits per heavy atom. The molecule has 2 aliphatic heterocycles. The third-order valence-electron chi connectivity index (χ3n) is 3.95. The van der Waals surface area contributed by atoms with Crippen LogP contribution in [-0.4, -0.2) is 48.5 Å². The Balaban J connectivity index is 1.76. The van der Waals surface area contributed by atoms with E-state index in [1.54, 1.807) is 0 Å². The quantitative estimate of drug-likeness (QED) is 0.878. The van der Waals surface area contributed by atoms with Crippen molar-refractivity contribution in [3.63, 3.8) is 0 Å². The van der Waals surface area contributed by atoms with Crippen LogP contribution in [0.15, 0.2) is 24.4 Å². The summed E-state index contributed by atoms with van der Waals surface area (Å²) in [5.74, 6) is -0.402. The van der Waals surface area contributed by atoms with Crippen LogP contribution in [-0.2, 0) is 9.47 Å². The average molecular weight is 263 g/mol. The largest absolute Gasteiger partial charge is 0.346 e. The van der Waals surface area contributed by atoms with Crippen LogP contribution in [0.2, 0.25) is 0 Å². The number of likely N-dealkylation sites (tertiary alicyclic amines) is 1. The van der Waals surface area contributed by atoms with E-state index in [4.69, 9.17) is 15.2 Å². The Hall–Kier alpha value is -1.01. The first-order valence-electron chi connectivity index (χ1n) is 6.96. The van der Waals surface area contributed by atoms with Gasteiger partial charge in [0.15, 0.2) is 5.79 Å². The molecule has 0 saturated carbocycles. The van der Waals surface area contributed by atoms with E-state index in [2.05, 4.69) is 9.88 Å². The van der Waals surface area contributed by atoms with Gasteiger partial charge in [0.1, 0.15) is 0 Å². The van der Waals surface area contributed by atoms with Crippen LogP contribution in [0.3, 0.4) is 0 Å². The second-order valence-electron chi connectivity index (χ2n) is 5.19. The zero-order valence-corrected chi connectivity index (χ0v) is 11.1. The van der Waals surface area contributed by atoms with Crippen molar-refractivity contribution in [3.05, 3.63) is 30.1 Å². The molecule has 5 nitrogen and oxygen atoms in total. The maximum absolute atomic E-state index is 5.96. The fraction of sp³-hybridized carbons (Fsp3) is 0.643. The van der Waals surface area contributed by atoms with E-state index >= 15 is 0 Å². The van der Waals surface area contributed by atoms with Crippen LogP contribution in [0.1, 0.15) is 24.6 Å². The van der Waals surface area contributed by atoms with E-state index in [1.807, 2.05) is 24.4 Å². The molecule has 3 rings (SSSR count). The van der Waals surface area contributed by atoms with Crippen molar-refractivity contribution in [3.8, 4) is 0 Å². The molecule has 0 amide bonds. The molecule has 2 aliphatic rings. The zero-order chi connectivity index (χ0) is 13.1. The van der Waals surface area contributed by atoms with Crippen LogP contribution < -0.4 is 5.73 Å². The Morgan fingerprint density at radius 3 is 2.89 bits per heavy atom. The lowest BCUT2D eigenvalue weighted by Gasteiger charge is -2.41. The molecule has 19 heavy (non-hydrogen) atoms. The minimum absolute atomic E-state index is 0.145. The van der Waals surface area contributed by atoms with Crippen molar-refractivity contribution in [2.75, 3.05) is 32.8 Å². The molecule has 2 saturated heterocycles. The topological polar surface area (TPSA) is 60.6 Å². The highest BCUT2D eigenvalue weighted by Crippen LogP contribution is 2.33. The second-order valence-corrected chi connectivity index (χ2v) is 5.19. The molecule has 104 valence electrons. The lowest BCUT2D eigenvalue weighted by atomic mass is 10.0. The van der Waals surface area contributed by atoms with Gasteiger partial charge in [-0.15, -0.1) is 0 Å². The maximum Gasteiger partial charge on any atom is 0.181 e. The number of ether oxygens (including phenoxy) is 2. The summed E-state index contributed by atoms with van der Waals surface area (Å²) in [6.07, 6.45) is 3.87. The van der Waals surface area contributed by atoms with Gasteiger partial charge in [0.05, 0.1) is 31.5 Å². The van der Waals surface area contributed by atoms with E-state index < -0.39 is 5.79 Å². The Morgan fingerprint density at radius 2 is 2.21 bits per heavy atom. The van der Waals surface area contributed by atoms with Crippen LogP contribution in [0.5, 0.6) is 0 Å². The van der Waals surface area contributed by atoms with E-state index in [9.17, 15) is 0 Å². The third kappa shape index (κ3) is 2.65. The molecule has 0 bridgehead atoms. The van der Waals surface area contributed by atoms with Gasteiger partial charge in [-0.2, -0.15) is 0 Å². The molecule has 2 N–H and O–H groups in total. The van der Waals surface area contributed by atoms with Crippen molar-refractivity contribution in [2.24, 2.45) is 5.73 Å². The number of pyridine rings is 1. The summed E-state index contributed by atoms with van der Waals surface area (Å²) in [7, 11) is 0. The van der Waals surface area contributed by atoms with Crippen LogP contribution >= 0.6 is 0 Å². The molecule has 0 aliphatic carbocycles. The van der Waals surface area contributed by atoms with E-state index in [0.29, 0.717) is 19.8 Å². The summed E-state index contributed by atoms with van der Waals surface area (Å²) in [4.78, 5) is 6.78. The van der Waals surface area contributed by atoms with Crippen molar-refractivity contribution in [1.82, 2.24) is 9.88 Å². The van der Waals surface area contributed by atoms with Crippen molar-refractivity contribution < 1.29 is 9.47 Å². The van der Waals surface area contributed by atoms with E-state index in [1.165, 1.54) is 0 Å². The summed E-state index contributed by atoms with van der Waals surface area (Å²) in [6, 6.07) is 6.12. The molecule has 1 aromatic rings. The molecular weight excluding hydrogens is 242 g/mol. The lowest BCUT2D eigenvalue weighted by molar-refractivity contribution is -0.194. The summed E-state index contributed by atoms with van der Waals surface area (Å²) in [6.45, 7) is 3.76. The first-order valence-corrected chi connectivity index (χ1v) is 6.96. The normalized spacial score (nSPS) is 24.7. The van der Waals surface area contributed by atoms with Gasteiger partial charge in [-0.3, -0.25) is 9.88 Å². The number of nitrogens with zero attached hydrogens (tertiary/aromatic N) is 2. The van der Waals surface area contributed by atoms with E-state index in [0.717, 1.165) is 31.6 Å². The van der Waals surface area contributed by atoms with Gasteiger partial charge in [0.2, 0.25) is 0 Å². The zero-order valence-electron chi connectivity index (χ0n) is 11.1. The molecule has 2 fully saturated rings. The molecule has 0 aromatic carbocycles. The number of piperidine rings is 1. The fourth-order valence-corrected chi connectivity index (χ4v) is 3.05. The molecule has 1 aromatic heterocycles. The number of aromatic nitrogens is 1. The fourth-order valence-electron chi connectivity index (χ4n) is 3.05. The maximum atomic E-state index is 5.96. The first kappa shape index (κ1) is 13.0. The summed E-state index contributed by atoms with van der Waals surface area (Å²) >= 11 is 0. The van der Waals surface area contributed by atoms with Crippen LogP contribution in [0, 0.1) is 0 Å². The standard InChI is InChI=1S/C14H21N3O2/c15-10-13(12-4-1-2-6-16-12)17-7-3-5-14(11-17)18-8-9-19-14/h1-2,4,6,13H,3,5,7-11,15H2. The molecule has 1 unspecified atom stereocenters. The third-order valence-corrected chi connectivity index (χ3v) is 3.95. The second kappa shape index (κ2) is 5.54. The first-order chi connectivity index (χ1) is 9.33. The number of hydrogen-bond acceptors (Lipinski definition) is 5. The molecule has 1 spiro atoms. The van der Waals surface area contributed by atoms with Gasteiger partial charge in [0.25, 0.3) is 0 Å². The summed E-state index contributed by atoms with van der Waals surface area (Å²) in [5.41, 5.74) is 6.99. The molecule has 5 heteroatoms. The number of nitrogens with two attached hydrogens (primary N) is 1. The predicted molar refractivity (Wildman–Crippen MR) is 71.5 cm³/mol. The average Bonchev–Trinajstić information content (AvgIpc) is 2.89. The van der Waals surface area contributed by atoms with Gasteiger partial charge in [0, 0.05) is 19.2 Å². The predicted octanol–water partition coefficient (Wildman–Crippen LogP) is 0.920. The van der Waals surface area contributed by atoms with Gasteiger partial charge in [-0.1, -0.05) is 6.07 Å². The van der Waals surface area contributed by atoms with Gasteiger partial charge in [-0.25, -0.2) is 0 Å². The van der Waals surface area contributed by atoms with Gasteiger partial charge in [-0.05, 0) is 25.1 Å². The highest BCUT2D eigenvalue weighted by molar-refractivity contribution is 5.10. The molecule has 3 heterocycles. The monoisotopic (exact) mass is 263 g/mol. The Bertz CT molecular complexity index is 406. The van der Waals surface area contributed by atoms with Crippen LogP contribution in [0.25, 0.3) is 0 Å². The molecular formula is C14H21N3O2. The Labute approximate surface area is 113 Å². The SMILES string of the molecule is NCC(c1ccccn1)N1CCCC2(C1)OCCO2. The number of rotatable bonds is 3. The van der Waals surface area contributed by atoms with Crippen molar-refractivity contribution >= 4 is 0 Å². The van der Waals surface area contributed by atoms with Crippen LogP contribution in [0.4, 0.5) is 0 Å². The van der Waals surface area contributed by atoms with E-state index in [-0.39, 0.29) is 6.04 Å². The Kier molecular flexibility index (Phi) is 3.79. The highest BCUT2D eigenvalue weighted by atomic mass is 16.7. The summed E-state index contributed by atoms with van der Waals surface area (Å²) < 4.78 is 11.6.